The highest BCUT2D eigenvalue weighted by molar-refractivity contribution is 6.29. The van der Waals surface area contributed by atoms with Gasteiger partial charge < -0.3 is 8.83 Å². The predicted molar refractivity (Wildman–Crippen MR) is 217 cm³/mol. The zero-order valence-corrected chi connectivity index (χ0v) is 28.2. The van der Waals surface area contributed by atoms with Crippen molar-refractivity contribution in [1.82, 2.24) is 14.5 Å². The van der Waals surface area contributed by atoms with Gasteiger partial charge in [-0.3, -0.25) is 4.57 Å². The summed E-state index contributed by atoms with van der Waals surface area (Å²) in [6, 6.07) is 57.0. The van der Waals surface area contributed by atoms with E-state index in [0.717, 1.165) is 104 Å². The predicted octanol–water partition coefficient (Wildman–Crippen LogP) is 13.0. The van der Waals surface area contributed by atoms with Crippen LogP contribution < -0.4 is 0 Å². The second-order valence-electron chi connectivity index (χ2n) is 13.7. The molecule has 0 atom stereocenters. The number of hydrogen-bond donors (Lipinski definition) is 0. The van der Waals surface area contributed by atoms with E-state index in [-0.39, 0.29) is 0 Å². The van der Waals surface area contributed by atoms with Gasteiger partial charge in [0.1, 0.15) is 22.3 Å². The van der Waals surface area contributed by atoms with Crippen molar-refractivity contribution in [2.75, 3.05) is 0 Å². The Morgan fingerprint density at radius 3 is 1.98 bits per heavy atom. The molecule has 0 N–H and O–H groups in total. The molecule has 246 valence electrons. The lowest BCUT2D eigenvalue weighted by atomic mass is 9.94. The van der Waals surface area contributed by atoms with Gasteiger partial charge in [0.15, 0.2) is 0 Å². The number of nitrogens with zero attached hydrogens (tertiary/aromatic N) is 3. The summed E-state index contributed by atoms with van der Waals surface area (Å²) in [5.74, 6) is 0.623. The van der Waals surface area contributed by atoms with Gasteiger partial charge in [0.2, 0.25) is 5.95 Å². The summed E-state index contributed by atoms with van der Waals surface area (Å²) in [6.07, 6.45) is 0. The van der Waals surface area contributed by atoms with E-state index < -0.39 is 0 Å². The van der Waals surface area contributed by atoms with E-state index >= 15 is 0 Å². The first-order chi connectivity index (χ1) is 26.3. The van der Waals surface area contributed by atoms with Crippen LogP contribution in [0.3, 0.4) is 0 Å². The summed E-state index contributed by atoms with van der Waals surface area (Å²) in [7, 11) is 0. The maximum absolute atomic E-state index is 7.01. The van der Waals surface area contributed by atoms with Crippen molar-refractivity contribution in [1.29, 1.82) is 0 Å². The van der Waals surface area contributed by atoms with Crippen LogP contribution >= 0.6 is 0 Å². The van der Waals surface area contributed by atoms with Gasteiger partial charge >= 0.3 is 0 Å². The van der Waals surface area contributed by atoms with Crippen LogP contribution in [-0.2, 0) is 0 Å². The number of hydrogen-bond acceptors (Lipinski definition) is 4. The Kier molecular flexibility index (Phi) is 5.71. The lowest BCUT2D eigenvalue weighted by Gasteiger charge is -2.11. The van der Waals surface area contributed by atoms with Crippen molar-refractivity contribution >= 4 is 87.4 Å². The minimum Gasteiger partial charge on any atom is -0.456 e. The molecule has 0 aliphatic heterocycles. The maximum Gasteiger partial charge on any atom is 0.235 e. The van der Waals surface area contributed by atoms with Gasteiger partial charge in [0.05, 0.1) is 27.6 Å². The number of benzene rings is 8. The molecule has 0 aliphatic carbocycles. The number of furan rings is 2. The van der Waals surface area contributed by atoms with Crippen LogP contribution in [0.5, 0.6) is 0 Å². The third-order valence-corrected chi connectivity index (χ3v) is 10.8. The molecule has 0 saturated carbocycles. The van der Waals surface area contributed by atoms with Crippen molar-refractivity contribution in [3.63, 3.8) is 0 Å². The Morgan fingerprint density at radius 2 is 1.09 bits per heavy atom. The van der Waals surface area contributed by atoms with E-state index in [4.69, 9.17) is 18.8 Å². The molecule has 5 heteroatoms. The Hall–Kier alpha value is -7.24. The van der Waals surface area contributed by atoms with Crippen LogP contribution in [0, 0.1) is 0 Å². The molecule has 4 aromatic heterocycles. The second kappa shape index (κ2) is 10.6. The van der Waals surface area contributed by atoms with Crippen LogP contribution in [0.25, 0.3) is 116 Å². The summed E-state index contributed by atoms with van der Waals surface area (Å²) in [6.45, 7) is 0. The van der Waals surface area contributed by atoms with Gasteiger partial charge in [-0.25, -0.2) is 9.97 Å². The molecule has 4 heterocycles. The van der Waals surface area contributed by atoms with E-state index in [2.05, 4.69) is 138 Å². The van der Waals surface area contributed by atoms with E-state index in [1.165, 1.54) is 5.39 Å². The van der Waals surface area contributed by atoms with Crippen molar-refractivity contribution in [2.45, 2.75) is 0 Å². The fourth-order valence-corrected chi connectivity index (χ4v) is 8.48. The fourth-order valence-electron chi connectivity index (χ4n) is 8.48. The van der Waals surface area contributed by atoms with Crippen molar-refractivity contribution < 1.29 is 8.83 Å². The molecule has 12 aromatic rings. The molecule has 0 fully saturated rings. The normalized spacial score (nSPS) is 12.2. The zero-order chi connectivity index (χ0) is 34.6. The number of fused-ring (bicyclic) bond motifs is 13. The Morgan fingerprint density at radius 1 is 0.396 bits per heavy atom. The highest BCUT2D eigenvalue weighted by atomic mass is 16.3. The van der Waals surface area contributed by atoms with Gasteiger partial charge in [0, 0.05) is 37.9 Å². The molecule has 0 aliphatic rings. The quantitative estimate of drug-likeness (QED) is 0.187. The molecule has 12 rings (SSSR count). The summed E-state index contributed by atoms with van der Waals surface area (Å²) < 4.78 is 15.5. The molecule has 0 amide bonds. The van der Waals surface area contributed by atoms with Crippen LogP contribution in [0.15, 0.2) is 173 Å². The standard InChI is InChI=1S/C48H27N3O2/c1-2-12-28(13-3-1)46-34-17-6-9-19-38(34)49-48(50-46)51-39-20-10-7-18-35(39)45-40(51)25-24-36-44-33-16-5-4-14-30(33)37(27-43(44)53-47(36)45)29-22-23-32-31-15-8-11-21-41(31)52-42(32)26-29/h1-27H. The summed E-state index contributed by atoms with van der Waals surface area (Å²) in [5.41, 5.74) is 10.5. The van der Waals surface area contributed by atoms with Crippen molar-refractivity contribution in [3.8, 4) is 28.3 Å². The topological polar surface area (TPSA) is 57.0 Å². The largest absolute Gasteiger partial charge is 0.456 e. The average molecular weight is 678 g/mol. The van der Waals surface area contributed by atoms with Gasteiger partial charge in [-0.15, -0.1) is 0 Å². The molecule has 5 nitrogen and oxygen atoms in total. The van der Waals surface area contributed by atoms with E-state index in [9.17, 15) is 0 Å². The molecule has 0 bridgehead atoms. The highest BCUT2D eigenvalue weighted by Gasteiger charge is 2.23. The lowest BCUT2D eigenvalue weighted by molar-refractivity contribution is 0.669. The van der Waals surface area contributed by atoms with E-state index in [1.54, 1.807) is 0 Å². The average Bonchev–Trinajstić information content (AvgIpc) is 3.89. The molecule has 53 heavy (non-hydrogen) atoms. The molecule has 0 radical (unpaired) electrons. The zero-order valence-electron chi connectivity index (χ0n) is 28.2. The monoisotopic (exact) mass is 677 g/mol. The number of para-hydroxylation sites is 3. The van der Waals surface area contributed by atoms with Gasteiger partial charge in [-0.05, 0) is 70.4 Å². The van der Waals surface area contributed by atoms with E-state index in [1.807, 2.05) is 30.3 Å². The molecular weight excluding hydrogens is 651 g/mol. The van der Waals surface area contributed by atoms with Gasteiger partial charge in [-0.1, -0.05) is 115 Å². The van der Waals surface area contributed by atoms with Gasteiger partial charge in [0.25, 0.3) is 0 Å². The van der Waals surface area contributed by atoms with Crippen LogP contribution in [-0.4, -0.2) is 14.5 Å². The third-order valence-electron chi connectivity index (χ3n) is 10.8. The minimum atomic E-state index is 0.623. The third kappa shape index (κ3) is 4.02. The molecule has 8 aromatic carbocycles. The van der Waals surface area contributed by atoms with Crippen molar-refractivity contribution in [3.05, 3.63) is 164 Å². The Balaban J connectivity index is 1.14. The molecule has 0 saturated heterocycles. The van der Waals surface area contributed by atoms with Crippen LogP contribution in [0.2, 0.25) is 0 Å². The van der Waals surface area contributed by atoms with Crippen molar-refractivity contribution in [2.24, 2.45) is 0 Å². The first kappa shape index (κ1) is 28.5. The Labute approximate surface area is 302 Å². The Bertz CT molecular complexity index is 3460. The second-order valence-corrected chi connectivity index (χ2v) is 13.7. The fraction of sp³-hybridized carbons (Fsp3) is 0. The molecule has 0 spiro atoms. The first-order valence-electron chi connectivity index (χ1n) is 17.8. The summed E-state index contributed by atoms with van der Waals surface area (Å²) >= 11 is 0. The molecule has 0 unspecified atom stereocenters. The number of rotatable bonds is 3. The first-order valence-corrected chi connectivity index (χ1v) is 17.8. The van der Waals surface area contributed by atoms with Crippen LogP contribution in [0.1, 0.15) is 0 Å². The summed E-state index contributed by atoms with van der Waals surface area (Å²) in [5, 5.41) is 9.89. The maximum atomic E-state index is 7.01. The lowest BCUT2D eigenvalue weighted by Crippen LogP contribution is -2.03. The highest BCUT2D eigenvalue weighted by Crippen LogP contribution is 2.45. The smallest absolute Gasteiger partial charge is 0.235 e. The SMILES string of the molecule is c1ccc(-c2nc(-n3c4ccccc4c4c5oc6cc(-c7ccc8c(c7)oc7ccccc78)c7ccccc7c6c5ccc43)nc3ccccc23)cc1. The van der Waals surface area contributed by atoms with Gasteiger partial charge in [-0.2, -0.15) is 0 Å². The van der Waals surface area contributed by atoms with E-state index in [0.29, 0.717) is 5.95 Å². The summed E-state index contributed by atoms with van der Waals surface area (Å²) in [4.78, 5) is 10.4. The molecular formula is C48H27N3O2. The number of aromatic nitrogens is 3. The minimum absolute atomic E-state index is 0.623. The van der Waals surface area contributed by atoms with Crippen LogP contribution in [0.4, 0.5) is 0 Å².